The molecule has 1 aromatic carbocycles. The maximum atomic E-state index is 12.4. The summed E-state index contributed by atoms with van der Waals surface area (Å²) in [5.41, 5.74) is 1.63. The fourth-order valence-corrected chi connectivity index (χ4v) is 3.38. The molecule has 0 N–H and O–H groups in total. The number of hydrogen-bond acceptors (Lipinski definition) is 6. The van der Waals surface area contributed by atoms with E-state index in [0.717, 1.165) is 10.6 Å². The van der Waals surface area contributed by atoms with Crippen LogP contribution in [-0.2, 0) is 19.6 Å². The Morgan fingerprint density at radius 2 is 1.88 bits per heavy atom. The summed E-state index contributed by atoms with van der Waals surface area (Å²) in [6.45, 7) is 1.64. The third-order valence-electron chi connectivity index (χ3n) is 3.78. The van der Waals surface area contributed by atoms with Gasteiger partial charge in [-0.2, -0.15) is 0 Å². The van der Waals surface area contributed by atoms with Crippen molar-refractivity contribution in [2.75, 3.05) is 43.4 Å². The van der Waals surface area contributed by atoms with E-state index in [2.05, 4.69) is 9.97 Å². The molecule has 0 spiro atoms. The lowest BCUT2D eigenvalue weighted by Gasteiger charge is -2.30. The minimum Gasteiger partial charge on any atom is -0.378 e. The van der Waals surface area contributed by atoms with Crippen molar-refractivity contribution in [1.29, 1.82) is 0 Å². The van der Waals surface area contributed by atoms with E-state index in [1.165, 1.54) is 6.20 Å². The van der Waals surface area contributed by atoms with E-state index < -0.39 is 10.0 Å². The molecule has 0 unspecified atom stereocenters. The van der Waals surface area contributed by atoms with Gasteiger partial charge in [0.05, 0.1) is 36.2 Å². The van der Waals surface area contributed by atoms with E-state index in [4.69, 9.17) is 4.74 Å². The normalized spacial score (nSPS) is 15.5. The van der Waals surface area contributed by atoms with Gasteiger partial charge < -0.3 is 9.64 Å². The van der Waals surface area contributed by atoms with Gasteiger partial charge >= 0.3 is 0 Å². The summed E-state index contributed by atoms with van der Waals surface area (Å²) in [7, 11) is -3.61. The summed E-state index contributed by atoms with van der Waals surface area (Å²) in [6.07, 6.45) is 4.19. The molecular weight excluding hydrogens is 332 g/mol. The Morgan fingerprint density at radius 3 is 2.54 bits per heavy atom. The number of anilines is 1. The molecule has 0 aliphatic carbocycles. The van der Waals surface area contributed by atoms with Gasteiger partial charge in [0, 0.05) is 25.5 Å². The lowest BCUT2D eigenvalue weighted by molar-refractivity contribution is -0.133. The molecule has 128 valence electrons. The Morgan fingerprint density at radius 1 is 1.21 bits per heavy atom. The molecular formula is C15H18N4O4S. The summed E-state index contributed by atoms with van der Waals surface area (Å²) in [5, 5.41) is 0. The van der Waals surface area contributed by atoms with Crippen LogP contribution in [0, 0.1) is 0 Å². The van der Waals surface area contributed by atoms with Crippen molar-refractivity contribution >= 4 is 32.7 Å². The summed E-state index contributed by atoms with van der Waals surface area (Å²) in [5.74, 6) is -0.247. The lowest BCUT2D eigenvalue weighted by Crippen LogP contribution is -2.47. The van der Waals surface area contributed by atoms with Gasteiger partial charge in [-0.05, 0) is 18.2 Å². The van der Waals surface area contributed by atoms with Gasteiger partial charge in [-0.1, -0.05) is 0 Å². The van der Waals surface area contributed by atoms with Crippen LogP contribution in [0.15, 0.2) is 30.6 Å². The number of morpholine rings is 1. The van der Waals surface area contributed by atoms with E-state index in [-0.39, 0.29) is 12.5 Å². The van der Waals surface area contributed by atoms with Crippen molar-refractivity contribution < 1.29 is 17.9 Å². The number of sulfonamides is 1. The highest BCUT2D eigenvalue weighted by Crippen LogP contribution is 2.22. The minimum absolute atomic E-state index is 0.245. The lowest BCUT2D eigenvalue weighted by atomic mass is 10.2. The predicted molar refractivity (Wildman–Crippen MR) is 89.1 cm³/mol. The molecule has 0 radical (unpaired) electrons. The number of carbonyl (C=O) groups is 1. The SMILES string of the molecule is CS(=O)(=O)N(CC(=O)N1CCOCC1)c1ccc2nccnc2c1. The highest BCUT2D eigenvalue weighted by molar-refractivity contribution is 7.92. The van der Waals surface area contributed by atoms with Crippen molar-refractivity contribution in [3.8, 4) is 0 Å². The fourth-order valence-electron chi connectivity index (χ4n) is 2.54. The van der Waals surface area contributed by atoms with Crippen LogP contribution in [-0.4, -0.2) is 68.3 Å². The number of fused-ring (bicyclic) bond motifs is 1. The Kier molecular flexibility index (Phi) is 4.63. The fraction of sp³-hybridized carbons (Fsp3) is 0.400. The van der Waals surface area contributed by atoms with Gasteiger partial charge in [-0.3, -0.25) is 19.1 Å². The Hall–Kier alpha value is -2.26. The highest BCUT2D eigenvalue weighted by atomic mass is 32.2. The topological polar surface area (TPSA) is 92.7 Å². The number of amides is 1. The summed E-state index contributed by atoms with van der Waals surface area (Å²) < 4.78 is 30.7. The van der Waals surface area contributed by atoms with E-state index in [1.54, 1.807) is 29.3 Å². The number of ether oxygens (including phenoxy) is 1. The monoisotopic (exact) mass is 350 g/mol. The number of aromatic nitrogens is 2. The zero-order chi connectivity index (χ0) is 17.2. The first-order valence-corrected chi connectivity index (χ1v) is 9.34. The molecule has 1 aliphatic rings. The smallest absolute Gasteiger partial charge is 0.243 e. The van der Waals surface area contributed by atoms with E-state index in [9.17, 15) is 13.2 Å². The van der Waals surface area contributed by atoms with Crippen LogP contribution in [0.4, 0.5) is 5.69 Å². The van der Waals surface area contributed by atoms with Crippen molar-refractivity contribution in [2.45, 2.75) is 0 Å². The molecule has 2 heterocycles. The predicted octanol–water partition coefficient (Wildman–Crippen LogP) is 0.255. The molecule has 1 saturated heterocycles. The maximum absolute atomic E-state index is 12.4. The molecule has 1 fully saturated rings. The molecule has 3 rings (SSSR count). The number of carbonyl (C=O) groups excluding carboxylic acids is 1. The largest absolute Gasteiger partial charge is 0.378 e. The van der Waals surface area contributed by atoms with Gasteiger partial charge in [0.15, 0.2) is 0 Å². The van der Waals surface area contributed by atoms with Gasteiger partial charge in [0.2, 0.25) is 15.9 Å². The third kappa shape index (κ3) is 3.62. The molecule has 2 aromatic rings. The summed E-state index contributed by atoms with van der Waals surface area (Å²) >= 11 is 0. The zero-order valence-electron chi connectivity index (χ0n) is 13.3. The van der Waals surface area contributed by atoms with Crippen LogP contribution >= 0.6 is 0 Å². The first kappa shape index (κ1) is 16.6. The maximum Gasteiger partial charge on any atom is 0.243 e. The molecule has 1 amide bonds. The van der Waals surface area contributed by atoms with Crippen molar-refractivity contribution in [1.82, 2.24) is 14.9 Å². The standard InChI is InChI=1S/C15H18N4O4S/c1-24(21,22)19(11-15(20)18-6-8-23-9-7-18)12-2-3-13-14(10-12)17-5-4-16-13/h2-5,10H,6-9,11H2,1H3. The van der Waals surface area contributed by atoms with Crippen molar-refractivity contribution in [2.24, 2.45) is 0 Å². The van der Waals surface area contributed by atoms with Crippen LogP contribution < -0.4 is 4.31 Å². The van der Waals surface area contributed by atoms with Gasteiger partial charge in [0.1, 0.15) is 6.54 Å². The average molecular weight is 350 g/mol. The van der Waals surface area contributed by atoms with Crippen LogP contribution in [0.1, 0.15) is 0 Å². The summed E-state index contributed by atoms with van der Waals surface area (Å²) in [6, 6.07) is 4.94. The number of nitrogens with zero attached hydrogens (tertiary/aromatic N) is 4. The van der Waals surface area contributed by atoms with E-state index in [1.807, 2.05) is 0 Å². The number of rotatable bonds is 4. The van der Waals surface area contributed by atoms with Crippen LogP contribution in [0.3, 0.4) is 0 Å². The second-order valence-corrected chi connectivity index (χ2v) is 7.40. The second kappa shape index (κ2) is 6.70. The highest BCUT2D eigenvalue weighted by Gasteiger charge is 2.25. The minimum atomic E-state index is -3.61. The van der Waals surface area contributed by atoms with Crippen molar-refractivity contribution in [3.63, 3.8) is 0 Å². The average Bonchev–Trinajstić information content (AvgIpc) is 2.59. The second-order valence-electron chi connectivity index (χ2n) is 5.49. The Labute approximate surface area is 140 Å². The van der Waals surface area contributed by atoms with Gasteiger partial charge in [0.25, 0.3) is 0 Å². The first-order valence-electron chi connectivity index (χ1n) is 7.49. The quantitative estimate of drug-likeness (QED) is 0.785. The molecule has 0 bridgehead atoms. The molecule has 1 aromatic heterocycles. The van der Waals surface area contributed by atoms with E-state index >= 15 is 0 Å². The molecule has 24 heavy (non-hydrogen) atoms. The van der Waals surface area contributed by atoms with Crippen molar-refractivity contribution in [3.05, 3.63) is 30.6 Å². The van der Waals surface area contributed by atoms with Crippen LogP contribution in [0.5, 0.6) is 0 Å². The van der Waals surface area contributed by atoms with E-state index in [0.29, 0.717) is 43.0 Å². The number of hydrogen-bond donors (Lipinski definition) is 0. The Balaban J connectivity index is 1.89. The van der Waals surface area contributed by atoms with Crippen LogP contribution in [0.2, 0.25) is 0 Å². The molecule has 0 atom stereocenters. The summed E-state index contributed by atoms with van der Waals surface area (Å²) in [4.78, 5) is 22.4. The molecule has 9 heteroatoms. The first-order chi connectivity index (χ1) is 11.4. The van der Waals surface area contributed by atoms with Gasteiger partial charge in [-0.25, -0.2) is 8.42 Å². The molecule has 1 aliphatic heterocycles. The van der Waals surface area contributed by atoms with Gasteiger partial charge in [-0.15, -0.1) is 0 Å². The zero-order valence-corrected chi connectivity index (χ0v) is 14.1. The molecule has 8 nitrogen and oxygen atoms in total. The Bertz CT molecular complexity index is 849. The van der Waals surface area contributed by atoms with Crippen LogP contribution in [0.25, 0.3) is 11.0 Å². The molecule has 0 saturated carbocycles. The third-order valence-corrected chi connectivity index (χ3v) is 4.92. The number of benzene rings is 1.